The molecule has 1 N–H and O–H groups in total. The number of halogens is 3. The molecule has 1 aliphatic rings. The summed E-state index contributed by atoms with van der Waals surface area (Å²) in [6.45, 7) is 1.50. The zero-order valence-electron chi connectivity index (χ0n) is 9.33. The highest BCUT2D eigenvalue weighted by Gasteiger charge is 2.46. The lowest BCUT2D eigenvalue weighted by molar-refractivity contribution is -0.190. The first-order valence-electron chi connectivity index (χ1n) is 5.38. The molecule has 0 unspecified atom stereocenters. The number of piperidine rings is 1. The van der Waals surface area contributed by atoms with Gasteiger partial charge in [-0.3, -0.25) is 9.59 Å². The molecule has 4 nitrogen and oxygen atoms in total. The van der Waals surface area contributed by atoms with Gasteiger partial charge in [0.2, 0.25) is 0 Å². The van der Waals surface area contributed by atoms with E-state index in [0.29, 0.717) is 6.42 Å². The number of alkyl halides is 3. The molecule has 0 aromatic heterocycles. The van der Waals surface area contributed by atoms with Crippen LogP contribution in [0.4, 0.5) is 13.2 Å². The largest absolute Gasteiger partial charge is 0.481 e. The zero-order valence-corrected chi connectivity index (χ0v) is 9.33. The maximum Gasteiger partial charge on any atom is 0.471 e. The zero-order chi connectivity index (χ0) is 13.2. The van der Waals surface area contributed by atoms with Crippen LogP contribution in [0.25, 0.3) is 0 Å². The molecule has 1 aliphatic heterocycles. The maximum atomic E-state index is 12.3. The molecule has 17 heavy (non-hydrogen) atoms. The van der Waals surface area contributed by atoms with Crippen LogP contribution in [0.15, 0.2) is 0 Å². The number of carbonyl (C=O) groups is 2. The van der Waals surface area contributed by atoms with E-state index in [4.69, 9.17) is 5.11 Å². The van der Waals surface area contributed by atoms with Gasteiger partial charge < -0.3 is 10.0 Å². The third kappa shape index (κ3) is 3.10. The summed E-state index contributed by atoms with van der Waals surface area (Å²) < 4.78 is 36.9. The van der Waals surface area contributed by atoms with E-state index in [-0.39, 0.29) is 19.4 Å². The number of hydrogen-bond acceptors (Lipinski definition) is 2. The second kappa shape index (κ2) is 4.93. The quantitative estimate of drug-likeness (QED) is 0.814. The highest BCUT2D eigenvalue weighted by Crippen LogP contribution is 2.29. The molecule has 0 aromatic carbocycles. The summed E-state index contributed by atoms with van der Waals surface area (Å²) in [6.07, 6.45) is -4.39. The molecule has 0 spiro atoms. The number of carbonyl (C=O) groups excluding carboxylic acids is 1. The van der Waals surface area contributed by atoms with Crippen LogP contribution < -0.4 is 0 Å². The predicted octanol–water partition coefficient (Wildman–Crippen LogP) is 1.65. The lowest BCUT2D eigenvalue weighted by Crippen LogP contribution is -2.51. The van der Waals surface area contributed by atoms with Gasteiger partial charge in [0.1, 0.15) is 0 Å². The molecule has 0 radical (unpaired) electrons. The van der Waals surface area contributed by atoms with Crippen LogP contribution in [0.3, 0.4) is 0 Å². The van der Waals surface area contributed by atoms with Crippen LogP contribution in [-0.2, 0) is 9.59 Å². The Kier molecular flexibility index (Phi) is 4.00. The van der Waals surface area contributed by atoms with Crippen molar-refractivity contribution >= 4 is 11.9 Å². The lowest BCUT2D eigenvalue weighted by atomic mass is 9.89. The highest BCUT2D eigenvalue weighted by atomic mass is 19.4. The van der Waals surface area contributed by atoms with Crippen molar-refractivity contribution in [2.24, 2.45) is 5.92 Å². The van der Waals surface area contributed by atoms with Gasteiger partial charge in [-0.25, -0.2) is 0 Å². The standard InChI is InChI=1S/C10H14F3NO3/c1-2-7-5-6(8(15)16)3-4-14(7)9(17)10(11,12)13/h6-7H,2-5H2,1H3,(H,15,16)/t6-,7-/m1/s1. The van der Waals surface area contributed by atoms with Crippen LogP contribution in [0.5, 0.6) is 0 Å². The third-order valence-corrected chi connectivity index (χ3v) is 3.04. The molecule has 1 rings (SSSR count). The van der Waals surface area contributed by atoms with Crippen LogP contribution in [0, 0.1) is 5.92 Å². The number of carboxylic acids is 1. The van der Waals surface area contributed by atoms with Crippen molar-refractivity contribution < 1.29 is 27.9 Å². The van der Waals surface area contributed by atoms with Gasteiger partial charge in [0.15, 0.2) is 0 Å². The molecular weight excluding hydrogens is 239 g/mol. The Hall–Kier alpha value is -1.27. The highest BCUT2D eigenvalue weighted by molar-refractivity contribution is 5.82. The van der Waals surface area contributed by atoms with E-state index in [1.54, 1.807) is 6.92 Å². The summed E-state index contributed by atoms with van der Waals surface area (Å²) in [5.74, 6) is -3.53. The smallest absolute Gasteiger partial charge is 0.471 e. The number of rotatable bonds is 2. The monoisotopic (exact) mass is 253 g/mol. The first-order chi connectivity index (χ1) is 7.77. The van der Waals surface area contributed by atoms with Gasteiger partial charge in [-0.1, -0.05) is 6.92 Å². The van der Waals surface area contributed by atoms with E-state index in [1.807, 2.05) is 0 Å². The van der Waals surface area contributed by atoms with E-state index in [2.05, 4.69) is 0 Å². The topological polar surface area (TPSA) is 57.6 Å². The average Bonchev–Trinajstić information content (AvgIpc) is 2.25. The molecule has 2 atom stereocenters. The number of hydrogen-bond donors (Lipinski definition) is 1. The third-order valence-electron chi connectivity index (χ3n) is 3.04. The summed E-state index contributed by atoms with van der Waals surface area (Å²) in [5.41, 5.74) is 0. The summed E-state index contributed by atoms with van der Waals surface area (Å²) in [6, 6.07) is -0.640. The minimum atomic E-state index is -4.89. The lowest BCUT2D eigenvalue weighted by Gasteiger charge is -2.38. The summed E-state index contributed by atoms with van der Waals surface area (Å²) in [5, 5.41) is 8.81. The molecule has 0 saturated carbocycles. The second-order valence-electron chi connectivity index (χ2n) is 4.12. The fraction of sp³-hybridized carbons (Fsp3) is 0.800. The van der Waals surface area contributed by atoms with Gasteiger partial charge in [0.05, 0.1) is 5.92 Å². The van der Waals surface area contributed by atoms with Gasteiger partial charge in [-0.15, -0.1) is 0 Å². The number of nitrogens with zero attached hydrogens (tertiary/aromatic N) is 1. The molecule has 0 aliphatic carbocycles. The summed E-state index contributed by atoms with van der Waals surface area (Å²) in [7, 11) is 0. The van der Waals surface area contributed by atoms with Crippen molar-refractivity contribution in [2.75, 3.05) is 6.54 Å². The number of aliphatic carboxylic acids is 1. The Balaban J connectivity index is 2.76. The first-order valence-corrected chi connectivity index (χ1v) is 5.38. The Morgan fingerprint density at radius 3 is 2.41 bits per heavy atom. The van der Waals surface area contributed by atoms with Crippen LogP contribution >= 0.6 is 0 Å². The molecule has 1 heterocycles. The van der Waals surface area contributed by atoms with Crippen LogP contribution in [0.2, 0.25) is 0 Å². The summed E-state index contributed by atoms with van der Waals surface area (Å²) in [4.78, 5) is 22.6. The normalized spacial score (nSPS) is 25.8. The van der Waals surface area contributed by atoms with E-state index in [0.717, 1.165) is 4.90 Å². The van der Waals surface area contributed by atoms with Gasteiger partial charge in [0, 0.05) is 12.6 Å². The van der Waals surface area contributed by atoms with Crippen molar-refractivity contribution in [3.63, 3.8) is 0 Å². The number of likely N-dealkylation sites (tertiary alicyclic amines) is 1. The van der Waals surface area contributed by atoms with Crippen molar-refractivity contribution in [1.82, 2.24) is 4.90 Å². The van der Waals surface area contributed by atoms with E-state index >= 15 is 0 Å². The SMILES string of the molecule is CC[C@@H]1C[C@H](C(=O)O)CCN1C(=O)C(F)(F)F. The van der Waals surface area contributed by atoms with Crippen LogP contribution in [0.1, 0.15) is 26.2 Å². The summed E-state index contributed by atoms with van der Waals surface area (Å²) >= 11 is 0. The molecule has 1 amide bonds. The minimum absolute atomic E-state index is 0.0770. The van der Waals surface area contributed by atoms with E-state index in [9.17, 15) is 22.8 Å². The molecule has 0 bridgehead atoms. The Morgan fingerprint density at radius 1 is 1.41 bits per heavy atom. The van der Waals surface area contributed by atoms with Crippen molar-refractivity contribution in [3.8, 4) is 0 Å². The molecule has 98 valence electrons. The number of carboxylic acid groups (broad SMARTS) is 1. The van der Waals surface area contributed by atoms with Gasteiger partial charge in [-0.2, -0.15) is 13.2 Å². The molecule has 0 aromatic rings. The van der Waals surface area contributed by atoms with Crippen LogP contribution in [-0.4, -0.2) is 40.6 Å². The predicted molar refractivity (Wildman–Crippen MR) is 52.2 cm³/mol. The molecule has 1 saturated heterocycles. The van der Waals surface area contributed by atoms with Gasteiger partial charge in [0.25, 0.3) is 0 Å². The average molecular weight is 253 g/mol. The minimum Gasteiger partial charge on any atom is -0.481 e. The van der Waals surface area contributed by atoms with Crippen molar-refractivity contribution in [1.29, 1.82) is 0 Å². The van der Waals surface area contributed by atoms with Crippen molar-refractivity contribution in [3.05, 3.63) is 0 Å². The molecule has 7 heteroatoms. The van der Waals surface area contributed by atoms with E-state index < -0.39 is 30.0 Å². The van der Waals surface area contributed by atoms with Crippen molar-refractivity contribution in [2.45, 2.75) is 38.4 Å². The fourth-order valence-corrected chi connectivity index (χ4v) is 2.09. The fourth-order valence-electron chi connectivity index (χ4n) is 2.09. The second-order valence-corrected chi connectivity index (χ2v) is 4.12. The molecular formula is C10H14F3NO3. The maximum absolute atomic E-state index is 12.3. The Bertz CT molecular complexity index is 316. The number of amides is 1. The Morgan fingerprint density at radius 2 is 2.00 bits per heavy atom. The Labute approximate surface area is 96.4 Å². The van der Waals surface area contributed by atoms with Gasteiger partial charge in [-0.05, 0) is 19.3 Å². The van der Waals surface area contributed by atoms with Gasteiger partial charge >= 0.3 is 18.1 Å². The first kappa shape index (κ1) is 13.8. The molecule has 1 fully saturated rings. The van der Waals surface area contributed by atoms with E-state index in [1.165, 1.54) is 0 Å².